The Morgan fingerprint density at radius 1 is 1.60 bits per heavy atom. The SMILES string of the molecule is CON(C)c1ccc(CC(=O)O)cc1N. The summed E-state index contributed by atoms with van der Waals surface area (Å²) in [7, 11) is 3.26. The van der Waals surface area contributed by atoms with Crippen molar-refractivity contribution in [1.82, 2.24) is 0 Å². The molecule has 5 nitrogen and oxygen atoms in total. The third-order valence-corrected chi connectivity index (χ3v) is 2.06. The molecular weight excluding hydrogens is 196 g/mol. The quantitative estimate of drug-likeness (QED) is 0.570. The Hall–Kier alpha value is -1.75. The molecule has 0 saturated heterocycles. The summed E-state index contributed by atoms with van der Waals surface area (Å²) in [5.41, 5.74) is 7.65. The maximum absolute atomic E-state index is 10.5. The second kappa shape index (κ2) is 4.65. The van der Waals surface area contributed by atoms with Crippen molar-refractivity contribution in [3.05, 3.63) is 23.8 Å². The smallest absolute Gasteiger partial charge is 0.307 e. The van der Waals surface area contributed by atoms with E-state index < -0.39 is 5.97 Å². The Morgan fingerprint density at radius 2 is 2.27 bits per heavy atom. The molecule has 0 aliphatic carbocycles. The van der Waals surface area contributed by atoms with Gasteiger partial charge in [0.05, 0.1) is 24.9 Å². The Balaban J connectivity index is 2.92. The molecule has 0 spiro atoms. The van der Waals surface area contributed by atoms with Crippen LogP contribution in [0.5, 0.6) is 0 Å². The molecule has 15 heavy (non-hydrogen) atoms. The molecule has 0 amide bonds. The van der Waals surface area contributed by atoms with Gasteiger partial charge >= 0.3 is 5.97 Å². The van der Waals surface area contributed by atoms with Gasteiger partial charge in [0.25, 0.3) is 0 Å². The predicted molar refractivity (Wildman–Crippen MR) is 57.6 cm³/mol. The molecule has 0 aliphatic heterocycles. The van der Waals surface area contributed by atoms with E-state index in [1.165, 1.54) is 12.2 Å². The van der Waals surface area contributed by atoms with Gasteiger partial charge in [-0.05, 0) is 17.7 Å². The number of carboxylic acids is 1. The summed E-state index contributed by atoms with van der Waals surface area (Å²) in [6.45, 7) is 0. The van der Waals surface area contributed by atoms with E-state index in [4.69, 9.17) is 15.7 Å². The predicted octanol–water partition coefficient (Wildman–Crippen LogP) is 0.893. The van der Waals surface area contributed by atoms with Gasteiger partial charge in [0, 0.05) is 7.05 Å². The first-order valence-corrected chi connectivity index (χ1v) is 4.42. The van der Waals surface area contributed by atoms with Crippen LogP contribution in [-0.4, -0.2) is 25.2 Å². The zero-order chi connectivity index (χ0) is 11.4. The molecule has 0 atom stereocenters. The van der Waals surface area contributed by atoms with Crippen LogP contribution in [0.25, 0.3) is 0 Å². The van der Waals surface area contributed by atoms with E-state index in [1.54, 1.807) is 25.2 Å². The Kier molecular flexibility index (Phi) is 3.51. The number of nitrogens with zero attached hydrogens (tertiary/aromatic N) is 1. The van der Waals surface area contributed by atoms with Crippen LogP contribution in [-0.2, 0) is 16.1 Å². The summed E-state index contributed by atoms with van der Waals surface area (Å²) in [5, 5.41) is 10.1. The summed E-state index contributed by atoms with van der Waals surface area (Å²) in [5.74, 6) is -0.873. The minimum absolute atomic E-state index is 0.0266. The van der Waals surface area contributed by atoms with Crippen molar-refractivity contribution in [2.24, 2.45) is 0 Å². The van der Waals surface area contributed by atoms with Crippen molar-refractivity contribution in [2.45, 2.75) is 6.42 Å². The van der Waals surface area contributed by atoms with E-state index >= 15 is 0 Å². The highest BCUT2D eigenvalue weighted by atomic mass is 16.7. The number of benzene rings is 1. The summed E-state index contributed by atoms with van der Waals surface area (Å²) < 4.78 is 0. The molecule has 0 aromatic heterocycles. The van der Waals surface area contributed by atoms with E-state index in [2.05, 4.69) is 0 Å². The standard InChI is InChI=1S/C10H14N2O3/c1-12(15-2)9-4-3-7(5-8(9)11)6-10(13)14/h3-5H,6,11H2,1-2H3,(H,13,14). The van der Waals surface area contributed by atoms with Crippen LogP contribution in [0.15, 0.2) is 18.2 Å². The van der Waals surface area contributed by atoms with Crippen LogP contribution in [0.2, 0.25) is 0 Å². The normalized spacial score (nSPS) is 10.0. The molecule has 0 radical (unpaired) electrons. The fraction of sp³-hybridized carbons (Fsp3) is 0.300. The number of nitrogens with two attached hydrogens (primary N) is 1. The molecule has 0 unspecified atom stereocenters. The highest BCUT2D eigenvalue weighted by Gasteiger charge is 2.07. The fourth-order valence-electron chi connectivity index (χ4n) is 1.27. The number of hydrogen-bond donors (Lipinski definition) is 2. The topological polar surface area (TPSA) is 75.8 Å². The lowest BCUT2D eigenvalue weighted by Gasteiger charge is -2.18. The lowest BCUT2D eigenvalue weighted by Crippen LogP contribution is -2.16. The lowest BCUT2D eigenvalue weighted by molar-refractivity contribution is -0.136. The second-order valence-electron chi connectivity index (χ2n) is 3.14. The van der Waals surface area contributed by atoms with Crippen molar-refractivity contribution in [1.29, 1.82) is 0 Å². The number of rotatable bonds is 4. The van der Waals surface area contributed by atoms with Crippen molar-refractivity contribution in [2.75, 3.05) is 25.0 Å². The van der Waals surface area contributed by atoms with Crippen LogP contribution < -0.4 is 10.8 Å². The minimum Gasteiger partial charge on any atom is -0.481 e. The Morgan fingerprint density at radius 3 is 2.73 bits per heavy atom. The number of hydroxylamine groups is 1. The zero-order valence-corrected chi connectivity index (χ0v) is 8.73. The van der Waals surface area contributed by atoms with Crippen LogP contribution in [0.1, 0.15) is 5.56 Å². The molecule has 0 fully saturated rings. The van der Waals surface area contributed by atoms with E-state index in [0.29, 0.717) is 16.9 Å². The van der Waals surface area contributed by atoms with Crippen LogP contribution >= 0.6 is 0 Å². The van der Waals surface area contributed by atoms with E-state index in [9.17, 15) is 4.79 Å². The Labute approximate surface area is 88.0 Å². The number of carboxylic acid groups (broad SMARTS) is 1. The van der Waals surface area contributed by atoms with Gasteiger partial charge in [-0.15, -0.1) is 0 Å². The largest absolute Gasteiger partial charge is 0.481 e. The van der Waals surface area contributed by atoms with Gasteiger partial charge in [0.2, 0.25) is 0 Å². The fourth-order valence-corrected chi connectivity index (χ4v) is 1.27. The van der Waals surface area contributed by atoms with Gasteiger partial charge in [-0.3, -0.25) is 14.7 Å². The summed E-state index contributed by atoms with van der Waals surface area (Å²) in [6, 6.07) is 5.09. The maximum atomic E-state index is 10.5. The summed E-state index contributed by atoms with van der Waals surface area (Å²) >= 11 is 0. The first-order valence-electron chi connectivity index (χ1n) is 4.42. The molecule has 82 valence electrons. The molecule has 0 bridgehead atoms. The van der Waals surface area contributed by atoms with Crippen molar-refractivity contribution >= 4 is 17.3 Å². The molecule has 1 rings (SSSR count). The molecule has 5 heteroatoms. The van der Waals surface area contributed by atoms with Crippen molar-refractivity contribution in [3.63, 3.8) is 0 Å². The zero-order valence-electron chi connectivity index (χ0n) is 8.73. The van der Waals surface area contributed by atoms with Crippen LogP contribution in [0, 0.1) is 0 Å². The lowest BCUT2D eigenvalue weighted by atomic mass is 10.1. The van der Waals surface area contributed by atoms with Gasteiger partial charge in [0.15, 0.2) is 0 Å². The Bertz CT molecular complexity index is 366. The highest BCUT2D eigenvalue weighted by Crippen LogP contribution is 2.23. The molecule has 0 saturated carbocycles. The van der Waals surface area contributed by atoms with Gasteiger partial charge in [-0.2, -0.15) is 0 Å². The number of aliphatic carboxylic acids is 1. The highest BCUT2D eigenvalue weighted by molar-refractivity contribution is 5.73. The maximum Gasteiger partial charge on any atom is 0.307 e. The molecule has 1 aromatic rings. The number of carbonyl (C=O) groups is 1. The minimum atomic E-state index is -0.873. The van der Waals surface area contributed by atoms with Gasteiger partial charge in [-0.1, -0.05) is 6.07 Å². The average Bonchev–Trinajstić information content (AvgIpc) is 2.16. The van der Waals surface area contributed by atoms with Gasteiger partial charge < -0.3 is 10.8 Å². The molecule has 3 N–H and O–H groups in total. The number of nitrogen functional groups attached to an aromatic ring is 1. The molecule has 1 aromatic carbocycles. The summed E-state index contributed by atoms with van der Waals surface area (Å²) in [4.78, 5) is 15.5. The van der Waals surface area contributed by atoms with E-state index in [1.807, 2.05) is 0 Å². The molecule has 0 aliphatic rings. The average molecular weight is 210 g/mol. The van der Waals surface area contributed by atoms with Gasteiger partial charge in [-0.25, -0.2) is 0 Å². The van der Waals surface area contributed by atoms with Crippen LogP contribution in [0.3, 0.4) is 0 Å². The third kappa shape index (κ3) is 2.85. The number of hydrogen-bond acceptors (Lipinski definition) is 4. The number of anilines is 2. The third-order valence-electron chi connectivity index (χ3n) is 2.06. The molecular formula is C10H14N2O3. The molecule has 0 heterocycles. The van der Waals surface area contributed by atoms with E-state index in [-0.39, 0.29) is 6.42 Å². The monoisotopic (exact) mass is 210 g/mol. The first kappa shape index (κ1) is 11.3. The van der Waals surface area contributed by atoms with Crippen LogP contribution in [0.4, 0.5) is 11.4 Å². The summed E-state index contributed by atoms with van der Waals surface area (Å²) in [6.07, 6.45) is -0.0266. The van der Waals surface area contributed by atoms with Gasteiger partial charge in [0.1, 0.15) is 0 Å². The van der Waals surface area contributed by atoms with Crippen molar-refractivity contribution in [3.8, 4) is 0 Å². The first-order chi connectivity index (χ1) is 7.04. The van der Waals surface area contributed by atoms with E-state index in [0.717, 1.165) is 0 Å². The van der Waals surface area contributed by atoms with Crippen molar-refractivity contribution < 1.29 is 14.7 Å². The second-order valence-corrected chi connectivity index (χ2v) is 3.14.